The SMILES string of the molecule is CNC(=O)[C@@H](Cc1ccccc1)N(Cc1ccc(C)cc1)C(=O)CN(c1ccccc1F)S(=O)(=O)c1ccccc1. The monoisotopic (exact) mass is 573 g/mol. The summed E-state index contributed by atoms with van der Waals surface area (Å²) >= 11 is 0. The molecule has 2 amide bonds. The zero-order valence-electron chi connectivity index (χ0n) is 22.9. The molecule has 0 aliphatic heterocycles. The van der Waals surface area contributed by atoms with Crippen LogP contribution in [0, 0.1) is 12.7 Å². The second-order valence-electron chi connectivity index (χ2n) is 9.60. The van der Waals surface area contributed by atoms with Crippen molar-refractivity contribution in [3.63, 3.8) is 0 Å². The number of rotatable bonds is 11. The Morgan fingerprint density at radius 2 is 1.39 bits per heavy atom. The fraction of sp³-hybridized carbons (Fsp3) is 0.188. The van der Waals surface area contributed by atoms with E-state index < -0.39 is 40.2 Å². The van der Waals surface area contributed by atoms with E-state index in [4.69, 9.17) is 0 Å². The van der Waals surface area contributed by atoms with Crippen LogP contribution in [-0.4, -0.2) is 44.8 Å². The van der Waals surface area contributed by atoms with E-state index in [1.807, 2.05) is 61.5 Å². The first-order valence-corrected chi connectivity index (χ1v) is 14.6. The van der Waals surface area contributed by atoms with Crippen molar-refractivity contribution >= 4 is 27.5 Å². The molecule has 0 fully saturated rings. The summed E-state index contributed by atoms with van der Waals surface area (Å²) in [5.41, 5.74) is 2.35. The summed E-state index contributed by atoms with van der Waals surface area (Å²) in [4.78, 5) is 28.7. The summed E-state index contributed by atoms with van der Waals surface area (Å²) in [6, 6.07) is 28.8. The number of amides is 2. The minimum atomic E-state index is -4.35. The second kappa shape index (κ2) is 13.2. The summed E-state index contributed by atoms with van der Waals surface area (Å²) in [7, 11) is -2.86. The molecule has 4 aromatic carbocycles. The maximum absolute atomic E-state index is 15.1. The lowest BCUT2D eigenvalue weighted by Crippen LogP contribution is -2.53. The van der Waals surface area contributed by atoms with Crippen molar-refractivity contribution in [2.24, 2.45) is 0 Å². The van der Waals surface area contributed by atoms with Crippen molar-refractivity contribution in [1.82, 2.24) is 10.2 Å². The summed E-state index contributed by atoms with van der Waals surface area (Å²) in [6.07, 6.45) is 0.198. The summed E-state index contributed by atoms with van der Waals surface area (Å²) in [6.45, 7) is 1.27. The number of hydrogen-bond donors (Lipinski definition) is 1. The molecule has 0 radical (unpaired) electrons. The van der Waals surface area contributed by atoms with Gasteiger partial charge in [0.2, 0.25) is 11.8 Å². The van der Waals surface area contributed by atoms with Crippen molar-refractivity contribution in [3.05, 3.63) is 132 Å². The third-order valence-corrected chi connectivity index (χ3v) is 8.50. The van der Waals surface area contributed by atoms with Crippen LogP contribution < -0.4 is 9.62 Å². The van der Waals surface area contributed by atoms with Gasteiger partial charge < -0.3 is 10.2 Å². The number of nitrogens with zero attached hydrogens (tertiary/aromatic N) is 2. The molecule has 4 rings (SSSR count). The topological polar surface area (TPSA) is 86.8 Å². The number of hydrogen-bond acceptors (Lipinski definition) is 4. The predicted octanol–water partition coefficient (Wildman–Crippen LogP) is 4.72. The fourth-order valence-electron chi connectivity index (χ4n) is 4.50. The van der Waals surface area contributed by atoms with Gasteiger partial charge in [-0.1, -0.05) is 90.5 Å². The average Bonchev–Trinajstić information content (AvgIpc) is 2.99. The second-order valence-corrected chi connectivity index (χ2v) is 11.5. The van der Waals surface area contributed by atoms with E-state index in [-0.39, 0.29) is 23.5 Å². The van der Waals surface area contributed by atoms with Gasteiger partial charge in [-0.3, -0.25) is 13.9 Å². The number of carbonyl (C=O) groups excluding carboxylic acids is 2. The third-order valence-electron chi connectivity index (χ3n) is 6.72. The Morgan fingerprint density at radius 1 is 0.805 bits per heavy atom. The molecule has 0 aromatic heterocycles. The minimum absolute atomic E-state index is 0.0422. The predicted molar refractivity (Wildman–Crippen MR) is 157 cm³/mol. The molecule has 41 heavy (non-hydrogen) atoms. The lowest BCUT2D eigenvalue weighted by Gasteiger charge is -2.33. The first-order valence-electron chi connectivity index (χ1n) is 13.1. The molecule has 0 saturated carbocycles. The van der Waals surface area contributed by atoms with Crippen molar-refractivity contribution in [3.8, 4) is 0 Å². The average molecular weight is 574 g/mol. The van der Waals surface area contributed by atoms with E-state index in [2.05, 4.69) is 5.32 Å². The Hall–Kier alpha value is -4.50. The van der Waals surface area contributed by atoms with E-state index in [0.717, 1.165) is 27.1 Å². The Balaban J connectivity index is 1.78. The normalized spacial score (nSPS) is 11.9. The molecule has 212 valence electrons. The van der Waals surface area contributed by atoms with Gasteiger partial charge in [-0.2, -0.15) is 0 Å². The van der Waals surface area contributed by atoms with Gasteiger partial charge in [0.1, 0.15) is 18.4 Å². The van der Waals surface area contributed by atoms with Crippen LogP contribution >= 0.6 is 0 Å². The van der Waals surface area contributed by atoms with Crippen LogP contribution in [0.2, 0.25) is 0 Å². The van der Waals surface area contributed by atoms with Crippen molar-refractivity contribution in [2.75, 3.05) is 17.9 Å². The quantitative estimate of drug-likeness (QED) is 0.282. The number of nitrogens with one attached hydrogen (secondary N) is 1. The van der Waals surface area contributed by atoms with E-state index >= 15 is 4.39 Å². The van der Waals surface area contributed by atoms with Gasteiger partial charge in [-0.05, 0) is 42.3 Å². The van der Waals surface area contributed by atoms with Crippen molar-refractivity contribution in [1.29, 1.82) is 0 Å². The molecule has 0 bridgehead atoms. The van der Waals surface area contributed by atoms with Gasteiger partial charge >= 0.3 is 0 Å². The summed E-state index contributed by atoms with van der Waals surface area (Å²) < 4.78 is 43.4. The van der Waals surface area contributed by atoms with Crippen LogP contribution in [0.4, 0.5) is 10.1 Å². The molecule has 9 heteroatoms. The molecule has 0 unspecified atom stereocenters. The van der Waals surface area contributed by atoms with Crippen molar-refractivity contribution < 1.29 is 22.4 Å². The highest BCUT2D eigenvalue weighted by Gasteiger charge is 2.35. The number of carbonyl (C=O) groups is 2. The summed E-state index contributed by atoms with van der Waals surface area (Å²) in [5.74, 6) is -1.85. The highest BCUT2D eigenvalue weighted by molar-refractivity contribution is 7.92. The first-order chi connectivity index (χ1) is 19.7. The Bertz CT molecular complexity index is 1580. The van der Waals surface area contributed by atoms with Crippen LogP contribution in [0.1, 0.15) is 16.7 Å². The third kappa shape index (κ3) is 7.18. The van der Waals surface area contributed by atoms with Gasteiger partial charge in [0.25, 0.3) is 10.0 Å². The van der Waals surface area contributed by atoms with Crippen LogP contribution in [0.15, 0.2) is 114 Å². The summed E-state index contributed by atoms with van der Waals surface area (Å²) in [5, 5.41) is 2.64. The van der Waals surface area contributed by atoms with Gasteiger partial charge in [-0.25, -0.2) is 12.8 Å². The molecule has 1 N–H and O–H groups in total. The molecule has 0 heterocycles. The van der Waals surface area contributed by atoms with Crippen LogP contribution in [0.25, 0.3) is 0 Å². The van der Waals surface area contributed by atoms with Gasteiger partial charge in [-0.15, -0.1) is 0 Å². The molecular weight excluding hydrogens is 541 g/mol. The Morgan fingerprint density at radius 3 is 2.00 bits per heavy atom. The molecule has 0 spiro atoms. The molecule has 0 saturated heterocycles. The zero-order valence-corrected chi connectivity index (χ0v) is 23.7. The number of halogens is 1. The number of benzene rings is 4. The smallest absolute Gasteiger partial charge is 0.264 e. The highest BCUT2D eigenvalue weighted by Crippen LogP contribution is 2.27. The lowest BCUT2D eigenvalue weighted by molar-refractivity contribution is -0.139. The van der Waals surface area contributed by atoms with Gasteiger partial charge in [0, 0.05) is 20.0 Å². The van der Waals surface area contributed by atoms with Gasteiger partial charge in [0.15, 0.2) is 0 Å². The van der Waals surface area contributed by atoms with Crippen LogP contribution in [0.3, 0.4) is 0 Å². The molecule has 1 atom stereocenters. The molecule has 4 aromatic rings. The fourth-order valence-corrected chi connectivity index (χ4v) is 5.94. The number of para-hydroxylation sites is 1. The maximum atomic E-state index is 15.1. The largest absolute Gasteiger partial charge is 0.357 e. The van der Waals surface area contributed by atoms with E-state index in [0.29, 0.717) is 0 Å². The number of sulfonamides is 1. The maximum Gasteiger partial charge on any atom is 0.264 e. The molecule has 0 aliphatic rings. The Kier molecular flexibility index (Phi) is 9.52. The standard InChI is InChI=1S/C32H32FN3O4S/c1-24-17-19-26(20-18-24)22-35(30(32(38)34-2)21-25-11-5-3-6-12-25)31(37)23-36(29-16-10-9-15-28(29)33)41(39,40)27-13-7-4-8-14-27/h3-20,30H,21-23H2,1-2H3,(H,34,38)/t30-/m1/s1. The van der Waals surface area contributed by atoms with Crippen LogP contribution in [0.5, 0.6) is 0 Å². The lowest BCUT2D eigenvalue weighted by atomic mass is 10.0. The number of aryl methyl sites for hydroxylation is 1. The number of likely N-dealkylation sites (N-methyl/N-ethyl adjacent to an activating group) is 1. The van der Waals surface area contributed by atoms with E-state index in [1.54, 1.807) is 18.2 Å². The minimum Gasteiger partial charge on any atom is -0.357 e. The van der Waals surface area contributed by atoms with E-state index in [9.17, 15) is 18.0 Å². The van der Waals surface area contributed by atoms with E-state index in [1.165, 1.54) is 42.3 Å². The Labute approximate surface area is 240 Å². The molecule has 0 aliphatic carbocycles. The first kappa shape index (κ1) is 29.5. The van der Waals surface area contributed by atoms with Crippen LogP contribution in [-0.2, 0) is 32.6 Å². The number of anilines is 1. The van der Waals surface area contributed by atoms with Gasteiger partial charge in [0.05, 0.1) is 10.6 Å². The molecular formula is C32H32FN3O4S. The van der Waals surface area contributed by atoms with Crippen molar-refractivity contribution in [2.45, 2.75) is 30.8 Å². The molecule has 7 nitrogen and oxygen atoms in total. The zero-order chi connectivity index (χ0) is 29.4. The highest BCUT2D eigenvalue weighted by atomic mass is 32.2.